The Morgan fingerprint density at radius 3 is 1.45 bits per heavy atom. The summed E-state index contributed by atoms with van der Waals surface area (Å²) in [6.07, 6.45) is 8.23. The summed E-state index contributed by atoms with van der Waals surface area (Å²) in [5, 5.41) is 0. The van der Waals surface area contributed by atoms with Crippen LogP contribution in [0, 0.1) is 52.3 Å². The van der Waals surface area contributed by atoms with Crippen molar-refractivity contribution >= 4 is 0 Å². The van der Waals surface area contributed by atoms with Gasteiger partial charge in [-0.2, -0.15) is 0 Å². The lowest BCUT2D eigenvalue weighted by Crippen LogP contribution is -2.63. The summed E-state index contributed by atoms with van der Waals surface area (Å²) >= 11 is 0. The first-order chi connectivity index (χ1) is 14.2. The third-order valence-electron chi connectivity index (χ3n) is 9.97. The zero-order valence-corrected chi connectivity index (χ0v) is 21.7. The van der Waals surface area contributed by atoms with Crippen LogP contribution in [-0.4, -0.2) is 24.2 Å². The highest BCUT2D eigenvalue weighted by Gasteiger charge is 2.55. The van der Waals surface area contributed by atoms with Gasteiger partial charge < -0.3 is 22.9 Å². The first-order valence-electron chi connectivity index (χ1n) is 13.2. The lowest BCUT2D eigenvalue weighted by Gasteiger charge is -2.59. The van der Waals surface area contributed by atoms with Crippen molar-refractivity contribution in [3.8, 4) is 0 Å². The minimum atomic E-state index is -0.160. The van der Waals surface area contributed by atoms with Gasteiger partial charge in [0, 0.05) is 17.6 Å². The monoisotopic (exact) mass is 434 g/mol. The van der Waals surface area contributed by atoms with Crippen molar-refractivity contribution in [3.63, 3.8) is 0 Å². The fourth-order valence-corrected chi connectivity index (χ4v) is 9.17. The minimum Gasteiger partial charge on any atom is -0.330 e. The van der Waals surface area contributed by atoms with Crippen LogP contribution in [-0.2, 0) is 0 Å². The topological polar surface area (TPSA) is 104 Å². The molecule has 3 aliphatic carbocycles. The van der Waals surface area contributed by atoms with Crippen LogP contribution < -0.4 is 22.9 Å². The molecule has 3 rings (SSSR count). The van der Waals surface area contributed by atoms with E-state index in [2.05, 4.69) is 48.5 Å². The molecule has 0 aliphatic heterocycles. The maximum absolute atomic E-state index is 7.62. The van der Waals surface area contributed by atoms with Gasteiger partial charge in [-0.1, -0.05) is 48.5 Å². The van der Waals surface area contributed by atoms with Crippen LogP contribution in [0.3, 0.4) is 0 Å². The van der Waals surface area contributed by atoms with Crippen molar-refractivity contribution in [3.05, 3.63) is 0 Å². The van der Waals surface area contributed by atoms with Gasteiger partial charge >= 0.3 is 0 Å². The Balaban J connectivity index is 2.01. The van der Waals surface area contributed by atoms with Crippen LogP contribution >= 0.6 is 0 Å². The molecule has 0 heterocycles. The molecule has 8 N–H and O–H groups in total. The van der Waals surface area contributed by atoms with E-state index in [4.69, 9.17) is 22.9 Å². The predicted octanol–water partition coefficient (Wildman–Crippen LogP) is 4.49. The first kappa shape index (κ1) is 25.5. The number of rotatable bonds is 4. The molecule has 6 unspecified atom stereocenters. The summed E-state index contributed by atoms with van der Waals surface area (Å²) in [4.78, 5) is 0. The van der Waals surface area contributed by atoms with Gasteiger partial charge in [-0.05, 0) is 104 Å². The van der Waals surface area contributed by atoms with E-state index < -0.39 is 0 Å². The molecule has 0 aromatic heterocycles. The van der Waals surface area contributed by atoms with Gasteiger partial charge in [-0.25, -0.2) is 0 Å². The van der Waals surface area contributed by atoms with Gasteiger partial charge in [0.1, 0.15) is 0 Å². The van der Waals surface area contributed by atoms with E-state index in [-0.39, 0.29) is 16.4 Å². The Labute approximate surface area is 193 Å². The van der Waals surface area contributed by atoms with E-state index >= 15 is 0 Å². The molecule has 3 fully saturated rings. The molecular formula is C27H54N4. The molecule has 0 amide bonds. The fraction of sp³-hybridized carbons (Fsp3) is 1.00. The summed E-state index contributed by atoms with van der Waals surface area (Å²) in [5.74, 6) is 4.12. The molecule has 0 aromatic carbocycles. The lowest BCUT2D eigenvalue weighted by atomic mass is 9.48. The molecule has 3 saturated carbocycles. The number of hydrogen-bond acceptors (Lipinski definition) is 4. The molecule has 6 atom stereocenters. The van der Waals surface area contributed by atoms with Crippen molar-refractivity contribution in [1.29, 1.82) is 0 Å². The Hall–Kier alpha value is -0.160. The molecule has 0 spiro atoms. The summed E-state index contributed by atoms with van der Waals surface area (Å²) in [5.41, 5.74) is 27.3. The number of hydrogen-bond donors (Lipinski definition) is 4. The largest absolute Gasteiger partial charge is 0.330 e. The van der Waals surface area contributed by atoms with Gasteiger partial charge in [0.25, 0.3) is 0 Å². The average Bonchev–Trinajstić information content (AvgIpc) is 2.62. The molecule has 0 saturated heterocycles. The van der Waals surface area contributed by atoms with Gasteiger partial charge in [-0.3, -0.25) is 0 Å². The molecule has 3 aliphatic rings. The summed E-state index contributed by atoms with van der Waals surface area (Å²) < 4.78 is 0. The van der Waals surface area contributed by atoms with E-state index in [1.807, 2.05) is 0 Å². The zero-order chi connectivity index (χ0) is 23.4. The predicted molar refractivity (Wildman–Crippen MR) is 133 cm³/mol. The smallest absolute Gasteiger partial charge is 0.0199 e. The van der Waals surface area contributed by atoms with Crippen LogP contribution in [0.15, 0.2) is 0 Å². The van der Waals surface area contributed by atoms with Crippen molar-refractivity contribution in [2.24, 2.45) is 75.2 Å². The van der Waals surface area contributed by atoms with E-state index in [9.17, 15) is 0 Å². The highest BCUT2D eigenvalue weighted by Crippen LogP contribution is 2.57. The van der Waals surface area contributed by atoms with Crippen LogP contribution in [0.1, 0.15) is 93.4 Å². The highest BCUT2D eigenvalue weighted by atomic mass is 14.8. The normalized spacial score (nSPS) is 52.0. The van der Waals surface area contributed by atoms with Crippen molar-refractivity contribution < 1.29 is 0 Å². The molecule has 0 radical (unpaired) electrons. The van der Waals surface area contributed by atoms with E-state index in [0.717, 1.165) is 19.4 Å². The fourth-order valence-electron chi connectivity index (χ4n) is 9.17. The summed E-state index contributed by atoms with van der Waals surface area (Å²) in [7, 11) is 0. The molecule has 4 nitrogen and oxygen atoms in total. The van der Waals surface area contributed by atoms with E-state index in [1.165, 1.54) is 32.1 Å². The maximum atomic E-state index is 7.62. The zero-order valence-electron chi connectivity index (χ0n) is 21.7. The first-order valence-corrected chi connectivity index (χ1v) is 13.2. The molecule has 0 aromatic rings. The second kappa shape index (κ2) is 8.89. The molecule has 4 heteroatoms. The van der Waals surface area contributed by atoms with Crippen molar-refractivity contribution in [2.45, 2.75) is 111 Å². The second-order valence-corrected chi connectivity index (χ2v) is 14.0. The molecule has 31 heavy (non-hydrogen) atoms. The van der Waals surface area contributed by atoms with E-state index in [0.29, 0.717) is 53.5 Å². The summed E-state index contributed by atoms with van der Waals surface area (Å²) in [6.45, 7) is 17.4. The lowest BCUT2D eigenvalue weighted by molar-refractivity contribution is -0.0546. The molecule has 0 bridgehead atoms. The van der Waals surface area contributed by atoms with Gasteiger partial charge in [-0.15, -0.1) is 0 Å². The third-order valence-corrected chi connectivity index (χ3v) is 9.97. The Morgan fingerprint density at radius 1 is 0.710 bits per heavy atom. The van der Waals surface area contributed by atoms with Crippen LogP contribution in [0.2, 0.25) is 0 Å². The minimum absolute atomic E-state index is 0.124. The third kappa shape index (κ3) is 5.18. The van der Waals surface area contributed by atoms with Gasteiger partial charge in [0.2, 0.25) is 0 Å². The van der Waals surface area contributed by atoms with Crippen LogP contribution in [0.25, 0.3) is 0 Å². The average molecular weight is 435 g/mol. The highest BCUT2D eigenvalue weighted by molar-refractivity contribution is 5.10. The Bertz CT molecular complexity index is 566. The SMILES string of the molecule is CC1CC(C(C2CC(C)C(N)C(C)C2)C2(N)CC(C)(C)CC(C)(CN)C2)CC(C)C1N. The van der Waals surface area contributed by atoms with Gasteiger partial charge in [0.15, 0.2) is 0 Å². The van der Waals surface area contributed by atoms with Gasteiger partial charge in [0.05, 0.1) is 0 Å². The standard InChI is InChI=1S/C27H54N4/c1-16-8-20(9-17(2)23(16)29)22(21-10-18(3)24(30)19(4)11-21)27(31)13-25(5,6)12-26(7,14-27)15-28/h16-24H,8-15,28-31H2,1-7H3. The Kier molecular flexibility index (Phi) is 7.30. The quantitative estimate of drug-likeness (QED) is 0.523. The van der Waals surface area contributed by atoms with Crippen LogP contribution in [0.4, 0.5) is 0 Å². The van der Waals surface area contributed by atoms with E-state index in [1.54, 1.807) is 0 Å². The molecule has 182 valence electrons. The van der Waals surface area contributed by atoms with Crippen molar-refractivity contribution in [1.82, 2.24) is 0 Å². The maximum Gasteiger partial charge on any atom is 0.0199 e. The van der Waals surface area contributed by atoms with Crippen LogP contribution in [0.5, 0.6) is 0 Å². The number of nitrogens with two attached hydrogens (primary N) is 4. The Morgan fingerprint density at radius 2 is 1.10 bits per heavy atom. The summed E-state index contributed by atoms with van der Waals surface area (Å²) in [6, 6.07) is 0.640. The second-order valence-electron chi connectivity index (χ2n) is 14.0. The molecular weight excluding hydrogens is 380 g/mol. The van der Waals surface area contributed by atoms with Crippen molar-refractivity contribution in [2.75, 3.05) is 6.54 Å².